The molecule has 0 spiro atoms. The van der Waals surface area contributed by atoms with Gasteiger partial charge in [-0.25, -0.2) is 9.37 Å². The Hall–Kier alpha value is -2.08. The Morgan fingerprint density at radius 1 is 1.28 bits per heavy atom. The van der Waals surface area contributed by atoms with E-state index in [1.165, 1.54) is 7.11 Å². The number of methoxy groups -OCH3 is 1. The summed E-state index contributed by atoms with van der Waals surface area (Å²) >= 11 is 5.94. The van der Waals surface area contributed by atoms with Gasteiger partial charge in [0.15, 0.2) is 11.6 Å². The van der Waals surface area contributed by atoms with Crippen molar-refractivity contribution in [3.63, 3.8) is 0 Å². The molecule has 0 amide bonds. The van der Waals surface area contributed by atoms with E-state index in [2.05, 4.69) is 20.8 Å². The van der Waals surface area contributed by atoms with Crippen LogP contribution in [0.5, 0.6) is 6.01 Å². The fourth-order valence-electron chi connectivity index (χ4n) is 1.23. The van der Waals surface area contributed by atoms with Crippen molar-refractivity contribution in [3.8, 4) is 6.01 Å². The van der Waals surface area contributed by atoms with Crippen LogP contribution in [-0.4, -0.2) is 17.1 Å². The Kier molecular flexibility index (Phi) is 3.78. The number of hydrogen-bond acceptors (Lipinski definition) is 5. The lowest BCUT2D eigenvalue weighted by atomic mass is 10.3. The number of hydrogen-bond donors (Lipinski definition) is 2. The monoisotopic (exact) mass is 268 g/mol. The lowest BCUT2D eigenvalue weighted by molar-refractivity contribution is 0.377. The van der Waals surface area contributed by atoms with Gasteiger partial charge in [-0.3, -0.25) is 10.9 Å². The second-order valence-corrected chi connectivity index (χ2v) is 3.69. The molecule has 0 unspecified atom stereocenters. The first-order valence-corrected chi connectivity index (χ1v) is 5.41. The molecule has 2 N–H and O–H groups in total. The minimum absolute atomic E-state index is 0.0261. The van der Waals surface area contributed by atoms with E-state index in [1.807, 2.05) is 0 Å². The highest BCUT2D eigenvalue weighted by molar-refractivity contribution is 6.33. The van der Waals surface area contributed by atoms with Crippen LogP contribution in [0.2, 0.25) is 5.02 Å². The second-order valence-electron chi connectivity index (χ2n) is 3.28. The van der Waals surface area contributed by atoms with E-state index in [-0.39, 0.29) is 11.8 Å². The number of aromatic nitrogens is 2. The van der Waals surface area contributed by atoms with Crippen molar-refractivity contribution < 1.29 is 9.13 Å². The number of nitrogens with one attached hydrogen (secondary N) is 2. The van der Waals surface area contributed by atoms with Gasteiger partial charge in [-0.15, -0.1) is 0 Å². The molecule has 0 aliphatic carbocycles. The number of anilines is 2. The number of hydrazine groups is 1. The molecule has 7 heteroatoms. The normalized spacial score (nSPS) is 9.94. The summed E-state index contributed by atoms with van der Waals surface area (Å²) in [4.78, 5) is 7.44. The largest absolute Gasteiger partial charge is 0.467 e. The zero-order valence-corrected chi connectivity index (χ0v) is 10.2. The van der Waals surface area contributed by atoms with E-state index in [1.54, 1.807) is 24.3 Å². The van der Waals surface area contributed by atoms with Crippen molar-refractivity contribution in [2.45, 2.75) is 0 Å². The third kappa shape index (κ3) is 2.78. The SMILES string of the molecule is COc1ncc(F)c(NNc2ccccc2Cl)n1. The van der Waals surface area contributed by atoms with Crippen LogP contribution in [0, 0.1) is 5.82 Å². The molecule has 0 aliphatic heterocycles. The van der Waals surface area contributed by atoms with E-state index in [9.17, 15) is 4.39 Å². The third-order valence-electron chi connectivity index (χ3n) is 2.09. The van der Waals surface area contributed by atoms with Crippen molar-refractivity contribution >= 4 is 23.1 Å². The van der Waals surface area contributed by atoms with Crippen LogP contribution in [-0.2, 0) is 0 Å². The summed E-state index contributed by atoms with van der Waals surface area (Å²) in [5, 5.41) is 0.506. The van der Waals surface area contributed by atoms with Crippen LogP contribution in [0.1, 0.15) is 0 Å². The number of nitrogens with zero attached hydrogens (tertiary/aromatic N) is 2. The van der Waals surface area contributed by atoms with Crippen molar-refractivity contribution in [2.24, 2.45) is 0 Å². The zero-order valence-electron chi connectivity index (χ0n) is 9.45. The third-order valence-corrected chi connectivity index (χ3v) is 2.42. The van der Waals surface area contributed by atoms with Crippen LogP contribution in [0.25, 0.3) is 0 Å². The van der Waals surface area contributed by atoms with Crippen LogP contribution in [0.15, 0.2) is 30.5 Å². The van der Waals surface area contributed by atoms with Gasteiger partial charge in [0.05, 0.1) is 24.0 Å². The molecule has 0 fully saturated rings. The number of halogens is 2. The van der Waals surface area contributed by atoms with Crippen LogP contribution in [0.4, 0.5) is 15.9 Å². The molecule has 0 atom stereocenters. The van der Waals surface area contributed by atoms with Crippen LogP contribution in [0.3, 0.4) is 0 Å². The Morgan fingerprint density at radius 2 is 2.06 bits per heavy atom. The molecular formula is C11H10ClFN4O. The van der Waals surface area contributed by atoms with E-state index < -0.39 is 5.82 Å². The molecule has 0 saturated heterocycles. The van der Waals surface area contributed by atoms with Gasteiger partial charge < -0.3 is 4.74 Å². The maximum atomic E-state index is 13.4. The highest BCUT2D eigenvalue weighted by atomic mass is 35.5. The quantitative estimate of drug-likeness (QED) is 0.835. The first-order chi connectivity index (χ1) is 8.70. The molecule has 5 nitrogen and oxygen atoms in total. The Labute approximate surface area is 108 Å². The summed E-state index contributed by atoms with van der Waals surface area (Å²) in [6.45, 7) is 0. The molecule has 18 heavy (non-hydrogen) atoms. The topological polar surface area (TPSA) is 59.1 Å². The maximum absolute atomic E-state index is 13.4. The molecule has 2 rings (SSSR count). The number of para-hydroxylation sites is 1. The van der Waals surface area contributed by atoms with Gasteiger partial charge in [0.25, 0.3) is 0 Å². The minimum Gasteiger partial charge on any atom is -0.467 e. The van der Waals surface area contributed by atoms with E-state index >= 15 is 0 Å². The summed E-state index contributed by atoms with van der Waals surface area (Å²) in [6.07, 6.45) is 1.02. The summed E-state index contributed by atoms with van der Waals surface area (Å²) in [7, 11) is 1.40. The summed E-state index contributed by atoms with van der Waals surface area (Å²) in [5.41, 5.74) is 5.97. The van der Waals surface area contributed by atoms with Crippen molar-refractivity contribution in [3.05, 3.63) is 41.3 Å². The predicted octanol–water partition coefficient (Wildman–Crippen LogP) is 2.72. The molecule has 0 saturated carbocycles. The number of ether oxygens (including phenoxy) is 1. The first kappa shape index (κ1) is 12.4. The van der Waals surface area contributed by atoms with Gasteiger partial charge in [0, 0.05) is 0 Å². The Morgan fingerprint density at radius 3 is 2.78 bits per heavy atom. The molecule has 94 valence electrons. The van der Waals surface area contributed by atoms with Crippen molar-refractivity contribution in [1.29, 1.82) is 0 Å². The first-order valence-electron chi connectivity index (χ1n) is 5.04. The molecule has 1 heterocycles. The zero-order chi connectivity index (χ0) is 13.0. The van der Waals surface area contributed by atoms with Gasteiger partial charge in [-0.05, 0) is 12.1 Å². The summed E-state index contributed by atoms with van der Waals surface area (Å²) in [6, 6.07) is 7.11. The summed E-state index contributed by atoms with van der Waals surface area (Å²) < 4.78 is 18.2. The standard InChI is InChI=1S/C11H10ClFN4O/c1-18-11-14-6-8(13)10(15-11)17-16-9-5-3-2-4-7(9)12/h2-6,16H,1H3,(H,14,15,17). The molecule has 1 aromatic carbocycles. The number of benzene rings is 1. The van der Waals surface area contributed by atoms with Gasteiger partial charge in [-0.1, -0.05) is 23.7 Å². The maximum Gasteiger partial charge on any atom is 0.318 e. The molecule has 2 aromatic rings. The lowest BCUT2D eigenvalue weighted by Gasteiger charge is -2.11. The highest BCUT2D eigenvalue weighted by Gasteiger charge is 2.07. The lowest BCUT2D eigenvalue weighted by Crippen LogP contribution is -2.12. The van der Waals surface area contributed by atoms with Gasteiger partial charge in [0.2, 0.25) is 0 Å². The molecule has 0 radical (unpaired) electrons. The van der Waals surface area contributed by atoms with Gasteiger partial charge in [-0.2, -0.15) is 4.98 Å². The number of rotatable bonds is 4. The average Bonchev–Trinajstić information content (AvgIpc) is 2.39. The average molecular weight is 269 g/mol. The van der Waals surface area contributed by atoms with Gasteiger partial charge >= 0.3 is 6.01 Å². The van der Waals surface area contributed by atoms with E-state index in [4.69, 9.17) is 16.3 Å². The van der Waals surface area contributed by atoms with Crippen molar-refractivity contribution in [1.82, 2.24) is 9.97 Å². The minimum atomic E-state index is -0.602. The molecule has 0 aliphatic rings. The smallest absolute Gasteiger partial charge is 0.318 e. The Bertz CT molecular complexity index is 552. The molecular weight excluding hydrogens is 259 g/mol. The fourth-order valence-corrected chi connectivity index (χ4v) is 1.41. The summed E-state index contributed by atoms with van der Waals surface area (Å²) in [5.74, 6) is -0.628. The molecule has 0 bridgehead atoms. The predicted molar refractivity (Wildman–Crippen MR) is 67.2 cm³/mol. The highest BCUT2D eigenvalue weighted by Crippen LogP contribution is 2.21. The van der Waals surface area contributed by atoms with Gasteiger partial charge in [0.1, 0.15) is 0 Å². The van der Waals surface area contributed by atoms with E-state index in [0.717, 1.165) is 6.20 Å². The second kappa shape index (κ2) is 5.50. The van der Waals surface area contributed by atoms with E-state index in [0.29, 0.717) is 10.7 Å². The van der Waals surface area contributed by atoms with Crippen LogP contribution < -0.4 is 15.6 Å². The fraction of sp³-hybridized carbons (Fsp3) is 0.0909. The van der Waals surface area contributed by atoms with Crippen molar-refractivity contribution in [2.75, 3.05) is 18.0 Å². The molecule has 1 aromatic heterocycles. The van der Waals surface area contributed by atoms with Crippen LogP contribution >= 0.6 is 11.6 Å². The Balaban J connectivity index is 2.13.